The number of nitrogens with one attached hydrogen (secondary N) is 3. The average Bonchev–Trinajstić information content (AvgIpc) is 2.49. The predicted octanol–water partition coefficient (Wildman–Crippen LogP) is 2.18. The first-order valence-electron chi connectivity index (χ1n) is 6.81. The van der Waals surface area contributed by atoms with Crippen molar-refractivity contribution in [1.82, 2.24) is 9.97 Å². The summed E-state index contributed by atoms with van der Waals surface area (Å²) in [6, 6.07) is 5.42. The first kappa shape index (κ1) is 16.3. The topological polar surface area (TPSA) is 96.0 Å². The zero-order valence-corrected chi connectivity index (χ0v) is 12.9. The maximum Gasteiger partial charge on any atom is 0.274 e. The number of hydrogen-bond acceptors (Lipinski definition) is 5. The molecule has 7 nitrogen and oxygen atoms in total. The van der Waals surface area contributed by atoms with Crippen molar-refractivity contribution >= 4 is 29.1 Å². The van der Waals surface area contributed by atoms with Gasteiger partial charge in [-0.2, -0.15) is 0 Å². The average molecular weight is 317 g/mol. The van der Waals surface area contributed by atoms with E-state index >= 15 is 0 Å². The van der Waals surface area contributed by atoms with E-state index in [1.165, 1.54) is 25.1 Å². The minimum Gasteiger partial charge on any atom is -0.357 e. The van der Waals surface area contributed by atoms with Gasteiger partial charge in [0.05, 0.1) is 5.69 Å². The van der Waals surface area contributed by atoms with Gasteiger partial charge in [-0.1, -0.05) is 0 Å². The number of carbonyl (C=O) groups excluding carboxylic acids is 2. The van der Waals surface area contributed by atoms with Crippen LogP contribution in [0.5, 0.6) is 0 Å². The van der Waals surface area contributed by atoms with Gasteiger partial charge in [0.2, 0.25) is 11.9 Å². The van der Waals surface area contributed by atoms with Gasteiger partial charge in [0.15, 0.2) is 0 Å². The second kappa shape index (κ2) is 6.82. The van der Waals surface area contributed by atoms with Crippen LogP contribution in [0.15, 0.2) is 24.3 Å². The minimum atomic E-state index is -0.589. The highest BCUT2D eigenvalue weighted by Crippen LogP contribution is 2.20. The SMILES string of the molecule is CNc1nc(C)cc(C(=O)Nc2ccc(F)c(NC(C)=O)c2)n1. The van der Waals surface area contributed by atoms with Crippen LogP contribution in [0, 0.1) is 12.7 Å². The minimum absolute atomic E-state index is 0.00918. The molecule has 8 heteroatoms. The van der Waals surface area contributed by atoms with Crippen LogP contribution in [0.4, 0.5) is 21.7 Å². The summed E-state index contributed by atoms with van der Waals surface area (Å²) in [7, 11) is 1.65. The summed E-state index contributed by atoms with van der Waals surface area (Å²) < 4.78 is 13.6. The Morgan fingerprint density at radius 3 is 2.52 bits per heavy atom. The molecule has 0 aliphatic heterocycles. The van der Waals surface area contributed by atoms with E-state index in [4.69, 9.17) is 0 Å². The smallest absolute Gasteiger partial charge is 0.274 e. The summed E-state index contributed by atoms with van der Waals surface area (Å²) in [4.78, 5) is 31.4. The van der Waals surface area contributed by atoms with Crippen molar-refractivity contribution in [2.45, 2.75) is 13.8 Å². The van der Waals surface area contributed by atoms with Crippen LogP contribution in [-0.2, 0) is 4.79 Å². The maximum atomic E-state index is 13.6. The van der Waals surface area contributed by atoms with Gasteiger partial charge >= 0.3 is 0 Å². The van der Waals surface area contributed by atoms with Gasteiger partial charge in [-0.05, 0) is 31.2 Å². The molecule has 0 saturated heterocycles. The third-order valence-electron chi connectivity index (χ3n) is 2.85. The molecule has 1 heterocycles. The van der Waals surface area contributed by atoms with Gasteiger partial charge in [0, 0.05) is 25.4 Å². The van der Waals surface area contributed by atoms with E-state index in [0.717, 1.165) is 6.07 Å². The van der Waals surface area contributed by atoms with Gasteiger partial charge < -0.3 is 16.0 Å². The van der Waals surface area contributed by atoms with Crippen LogP contribution in [0.25, 0.3) is 0 Å². The Labute approximate surface area is 132 Å². The van der Waals surface area contributed by atoms with E-state index < -0.39 is 17.6 Å². The van der Waals surface area contributed by atoms with E-state index in [9.17, 15) is 14.0 Å². The molecule has 23 heavy (non-hydrogen) atoms. The summed E-state index contributed by atoms with van der Waals surface area (Å²) in [5.74, 6) is -1.13. The van der Waals surface area contributed by atoms with E-state index in [1.807, 2.05) is 0 Å². The Morgan fingerprint density at radius 2 is 1.87 bits per heavy atom. The van der Waals surface area contributed by atoms with Crippen LogP contribution in [0.2, 0.25) is 0 Å². The predicted molar refractivity (Wildman–Crippen MR) is 85.0 cm³/mol. The number of carbonyl (C=O) groups is 2. The van der Waals surface area contributed by atoms with Crippen molar-refractivity contribution in [1.29, 1.82) is 0 Å². The van der Waals surface area contributed by atoms with Crippen molar-refractivity contribution < 1.29 is 14.0 Å². The Balaban J connectivity index is 2.23. The number of benzene rings is 1. The highest BCUT2D eigenvalue weighted by atomic mass is 19.1. The number of halogens is 1. The molecule has 0 aliphatic carbocycles. The molecule has 0 fully saturated rings. The molecule has 2 rings (SSSR count). The molecule has 2 aromatic rings. The van der Waals surface area contributed by atoms with Gasteiger partial charge in [0.25, 0.3) is 5.91 Å². The number of hydrogen-bond donors (Lipinski definition) is 3. The molecule has 2 amide bonds. The fourth-order valence-electron chi connectivity index (χ4n) is 1.88. The molecule has 3 N–H and O–H groups in total. The molecule has 0 aliphatic rings. The largest absolute Gasteiger partial charge is 0.357 e. The number of aryl methyl sites for hydroxylation is 1. The fourth-order valence-corrected chi connectivity index (χ4v) is 1.88. The van der Waals surface area contributed by atoms with Gasteiger partial charge in [-0.25, -0.2) is 14.4 Å². The summed E-state index contributed by atoms with van der Waals surface area (Å²) >= 11 is 0. The quantitative estimate of drug-likeness (QED) is 0.803. The normalized spacial score (nSPS) is 10.1. The Kier molecular flexibility index (Phi) is 4.85. The number of aromatic nitrogens is 2. The first-order chi connectivity index (χ1) is 10.9. The Hall–Kier alpha value is -3.03. The second-order valence-electron chi connectivity index (χ2n) is 4.80. The van der Waals surface area contributed by atoms with Crippen LogP contribution >= 0.6 is 0 Å². The lowest BCUT2D eigenvalue weighted by atomic mass is 10.2. The van der Waals surface area contributed by atoms with E-state index in [2.05, 4.69) is 25.9 Å². The van der Waals surface area contributed by atoms with Crippen molar-refractivity contribution in [2.75, 3.05) is 23.0 Å². The number of rotatable bonds is 4. The Morgan fingerprint density at radius 1 is 1.13 bits per heavy atom. The lowest BCUT2D eigenvalue weighted by Crippen LogP contribution is -2.16. The van der Waals surface area contributed by atoms with Crippen molar-refractivity contribution in [3.8, 4) is 0 Å². The van der Waals surface area contributed by atoms with Crippen molar-refractivity contribution in [3.05, 3.63) is 41.5 Å². The molecule has 0 bridgehead atoms. The van der Waals surface area contributed by atoms with Crippen LogP contribution in [-0.4, -0.2) is 28.8 Å². The zero-order valence-electron chi connectivity index (χ0n) is 12.9. The van der Waals surface area contributed by atoms with Gasteiger partial charge in [0.1, 0.15) is 11.5 Å². The fraction of sp³-hybridized carbons (Fsp3) is 0.200. The second-order valence-corrected chi connectivity index (χ2v) is 4.80. The van der Waals surface area contributed by atoms with E-state index in [0.29, 0.717) is 17.3 Å². The summed E-state index contributed by atoms with van der Waals surface area (Å²) in [6.45, 7) is 3.01. The van der Waals surface area contributed by atoms with Crippen LogP contribution < -0.4 is 16.0 Å². The first-order valence-corrected chi connectivity index (χ1v) is 6.81. The summed E-state index contributed by atoms with van der Waals surface area (Å²) in [5, 5.41) is 7.72. The van der Waals surface area contributed by atoms with Crippen molar-refractivity contribution in [3.63, 3.8) is 0 Å². The zero-order chi connectivity index (χ0) is 17.0. The standard InChI is InChI=1S/C15H16FN5O2/c1-8-6-13(21-15(17-3)18-8)14(23)20-10-4-5-11(16)12(7-10)19-9(2)22/h4-7H,1-3H3,(H,19,22)(H,20,23)(H,17,18,21). The molecule has 120 valence electrons. The lowest BCUT2D eigenvalue weighted by Gasteiger charge is -2.09. The molecule has 0 radical (unpaired) electrons. The van der Waals surface area contributed by atoms with Crippen molar-refractivity contribution in [2.24, 2.45) is 0 Å². The molecular weight excluding hydrogens is 301 g/mol. The number of nitrogens with zero attached hydrogens (tertiary/aromatic N) is 2. The van der Waals surface area contributed by atoms with Crippen LogP contribution in [0.3, 0.4) is 0 Å². The molecule has 0 saturated carbocycles. The summed E-state index contributed by atoms with van der Waals surface area (Å²) in [6.07, 6.45) is 0. The van der Waals surface area contributed by atoms with E-state index in [-0.39, 0.29) is 11.4 Å². The molecule has 1 aromatic carbocycles. The van der Waals surface area contributed by atoms with E-state index in [1.54, 1.807) is 14.0 Å². The summed E-state index contributed by atoms with van der Waals surface area (Å²) in [5.41, 5.74) is 1.13. The monoisotopic (exact) mass is 317 g/mol. The molecule has 0 spiro atoms. The molecule has 0 unspecified atom stereocenters. The van der Waals surface area contributed by atoms with Gasteiger partial charge in [-0.15, -0.1) is 0 Å². The third kappa shape index (κ3) is 4.22. The molecule has 1 aromatic heterocycles. The number of amides is 2. The maximum absolute atomic E-state index is 13.6. The third-order valence-corrected chi connectivity index (χ3v) is 2.85. The van der Waals surface area contributed by atoms with Crippen LogP contribution in [0.1, 0.15) is 23.1 Å². The lowest BCUT2D eigenvalue weighted by molar-refractivity contribution is -0.114. The Bertz CT molecular complexity index is 764. The highest BCUT2D eigenvalue weighted by molar-refractivity contribution is 6.03. The van der Waals surface area contributed by atoms with Gasteiger partial charge in [-0.3, -0.25) is 9.59 Å². The molecular formula is C15H16FN5O2. The highest BCUT2D eigenvalue weighted by Gasteiger charge is 2.12. The number of anilines is 3. The molecule has 0 atom stereocenters.